The summed E-state index contributed by atoms with van der Waals surface area (Å²) in [7, 11) is 0. The van der Waals surface area contributed by atoms with E-state index in [-0.39, 0.29) is 44.0 Å². The molecule has 33 heavy (non-hydrogen) atoms. The molecule has 0 aliphatic carbocycles. The fourth-order valence-electron chi connectivity index (χ4n) is 4.38. The molecule has 0 radical (unpaired) electrons. The van der Waals surface area contributed by atoms with Crippen LogP contribution in [0.3, 0.4) is 0 Å². The molecule has 7 heteroatoms. The molecule has 0 aromatic heterocycles. The Labute approximate surface area is 193 Å². The van der Waals surface area contributed by atoms with E-state index in [0.717, 1.165) is 12.7 Å². The maximum atomic E-state index is 12.7. The minimum Gasteiger partial charge on any atom is -0.458 e. The van der Waals surface area contributed by atoms with Crippen LogP contribution in [0, 0.1) is 11.8 Å². The highest BCUT2D eigenvalue weighted by Gasteiger charge is 2.44. The molecule has 5 atom stereocenters. The van der Waals surface area contributed by atoms with E-state index in [1.54, 1.807) is 60.7 Å². The molecule has 2 aromatic carbocycles. The summed E-state index contributed by atoms with van der Waals surface area (Å²) in [6.07, 6.45) is 0.523. The first-order valence-corrected chi connectivity index (χ1v) is 11.3. The molecule has 1 aliphatic rings. The predicted octanol–water partition coefficient (Wildman–Crippen LogP) is 3.45. The van der Waals surface area contributed by atoms with Crippen molar-refractivity contribution in [1.29, 1.82) is 0 Å². The van der Waals surface area contributed by atoms with Crippen molar-refractivity contribution in [2.45, 2.75) is 44.5 Å². The highest BCUT2D eigenvalue weighted by Crippen LogP contribution is 2.38. The van der Waals surface area contributed by atoms with Gasteiger partial charge < -0.3 is 24.1 Å². The lowest BCUT2D eigenvalue weighted by molar-refractivity contribution is -0.111. The number of carbonyl (C=O) groups excluding carboxylic acids is 3. The molecule has 1 saturated heterocycles. The van der Waals surface area contributed by atoms with Gasteiger partial charge in [0.2, 0.25) is 0 Å². The number of aldehydes is 1. The van der Waals surface area contributed by atoms with Gasteiger partial charge in [0.25, 0.3) is 0 Å². The van der Waals surface area contributed by atoms with Gasteiger partial charge in [0.05, 0.1) is 23.3 Å². The van der Waals surface area contributed by atoms with Crippen LogP contribution in [0.15, 0.2) is 60.7 Å². The molecule has 7 nitrogen and oxygen atoms in total. The Hall–Kier alpha value is -3.03. The van der Waals surface area contributed by atoms with Crippen LogP contribution in [0.2, 0.25) is 0 Å². The highest BCUT2D eigenvalue weighted by molar-refractivity contribution is 5.90. The fourth-order valence-corrected chi connectivity index (χ4v) is 4.38. The highest BCUT2D eigenvalue weighted by atomic mass is 16.6. The van der Waals surface area contributed by atoms with E-state index in [4.69, 9.17) is 14.2 Å². The zero-order valence-electron chi connectivity index (χ0n) is 18.7. The van der Waals surface area contributed by atoms with Gasteiger partial charge in [-0.1, -0.05) is 49.7 Å². The van der Waals surface area contributed by atoms with Crippen molar-refractivity contribution in [1.82, 2.24) is 0 Å². The van der Waals surface area contributed by atoms with Crippen molar-refractivity contribution < 1.29 is 33.7 Å². The van der Waals surface area contributed by atoms with Gasteiger partial charge in [-0.2, -0.15) is 0 Å². The lowest BCUT2D eigenvalue weighted by Gasteiger charge is -2.25. The van der Waals surface area contributed by atoms with Crippen molar-refractivity contribution in [3.8, 4) is 0 Å². The number of hydrogen-bond acceptors (Lipinski definition) is 7. The van der Waals surface area contributed by atoms with Gasteiger partial charge in [-0.05, 0) is 30.2 Å². The predicted molar refractivity (Wildman–Crippen MR) is 121 cm³/mol. The smallest absolute Gasteiger partial charge is 0.338 e. The van der Waals surface area contributed by atoms with Gasteiger partial charge in [-0.15, -0.1) is 0 Å². The first-order valence-electron chi connectivity index (χ1n) is 11.3. The Morgan fingerprint density at radius 1 is 0.970 bits per heavy atom. The van der Waals surface area contributed by atoms with E-state index in [9.17, 15) is 19.5 Å². The van der Waals surface area contributed by atoms with Crippen LogP contribution >= 0.6 is 0 Å². The van der Waals surface area contributed by atoms with Crippen LogP contribution in [-0.2, 0) is 19.0 Å². The molecule has 0 spiro atoms. The van der Waals surface area contributed by atoms with E-state index >= 15 is 0 Å². The second kappa shape index (κ2) is 12.3. The number of ether oxygens (including phenoxy) is 3. The molecule has 176 valence electrons. The van der Waals surface area contributed by atoms with Crippen molar-refractivity contribution >= 4 is 18.2 Å². The van der Waals surface area contributed by atoms with Crippen LogP contribution < -0.4 is 0 Å². The Balaban J connectivity index is 1.73. The summed E-state index contributed by atoms with van der Waals surface area (Å²) in [6, 6.07) is 17.1. The molecule has 2 aromatic rings. The monoisotopic (exact) mass is 454 g/mol. The number of rotatable bonds is 11. The van der Waals surface area contributed by atoms with Gasteiger partial charge in [0.1, 0.15) is 19.0 Å². The molecule has 0 unspecified atom stereocenters. The number of hydrogen-bond donors (Lipinski definition) is 1. The molecule has 0 saturated carbocycles. The first kappa shape index (κ1) is 24.6. The topological polar surface area (TPSA) is 99.1 Å². The Morgan fingerprint density at radius 2 is 1.58 bits per heavy atom. The normalized spacial score (nSPS) is 23.0. The summed E-state index contributed by atoms with van der Waals surface area (Å²) < 4.78 is 17.2. The van der Waals surface area contributed by atoms with Crippen molar-refractivity contribution in [2.75, 3.05) is 13.2 Å². The van der Waals surface area contributed by atoms with Gasteiger partial charge in [-0.3, -0.25) is 0 Å². The van der Waals surface area contributed by atoms with E-state index in [1.165, 1.54) is 0 Å². The summed E-state index contributed by atoms with van der Waals surface area (Å²) in [5, 5.41) is 10.0. The molecule has 1 heterocycles. The standard InChI is InChI=1S/C26H30O7/c1-2-21-22(16-28)24(33-23(21)13-14-27)15-20(32-26(30)19-11-7-4-8-12-19)17-31-25(29)18-9-5-3-6-10-18/h3-12,14,20-24,28H,2,13,15-17H2,1H3/t20-,21+,22+,23-,24+/m0/s1. The minimum atomic E-state index is -0.781. The molecule has 0 bridgehead atoms. The summed E-state index contributed by atoms with van der Waals surface area (Å²) >= 11 is 0. The van der Waals surface area contributed by atoms with Gasteiger partial charge in [-0.25, -0.2) is 9.59 Å². The third-order valence-corrected chi connectivity index (χ3v) is 6.05. The largest absolute Gasteiger partial charge is 0.458 e. The number of benzene rings is 2. The van der Waals surface area contributed by atoms with Crippen LogP contribution in [0.1, 0.15) is 46.9 Å². The van der Waals surface area contributed by atoms with Crippen LogP contribution in [-0.4, -0.2) is 54.9 Å². The van der Waals surface area contributed by atoms with Crippen LogP contribution in [0.4, 0.5) is 0 Å². The summed E-state index contributed by atoms with van der Waals surface area (Å²) in [5.41, 5.74) is 0.779. The number of carbonyl (C=O) groups is 3. The average Bonchev–Trinajstić information content (AvgIpc) is 3.19. The van der Waals surface area contributed by atoms with E-state index in [1.807, 2.05) is 6.92 Å². The summed E-state index contributed by atoms with van der Waals surface area (Å²) in [4.78, 5) is 36.2. The van der Waals surface area contributed by atoms with E-state index < -0.39 is 24.1 Å². The lowest BCUT2D eigenvalue weighted by atomic mass is 9.83. The Kier molecular flexibility index (Phi) is 9.15. The van der Waals surface area contributed by atoms with Gasteiger partial charge in [0, 0.05) is 25.4 Å². The quantitative estimate of drug-likeness (QED) is 0.410. The lowest BCUT2D eigenvalue weighted by Crippen LogP contribution is -2.33. The van der Waals surface area contributed by atoms with Gasteiger partial charge >= 0.3 is 11.9 Å². The number of aliphatic hydroxyl groups excluding tert-OH is 1. The maximum Gasteiger partial charge on any atom is 0.338 e. The molecule has 1 N–H and O–H groups in total. The fraction of sp³-hybridized carbons (Fsp3) is 0.423. The molecular weight excluding hydrogens is 424 g/mol. The first-order chi connectivity index (χ1) is 16.1. The minimum absolute atomic E-state index is 0.0162. The summed E-state index contributed by atoms with van der Waals surface area (Å²) in [6.45, 7) is 1.73. The second-order valence-corrected chi connectivity index (χ2v) is 8.13. The second-order valence-electron chi connectivity index (χ2n) is 8.13. The average molecular weight is 455 g/mol. The molecule has 3 rings (SSSR count). The van der Waals surface area contributed by atoms with Crippen LogP contribution in [0.25, 0.3) is 0 Å². The summed E-state index contributed by atoms with van der Waals surface area (Å²) in [5.74, 6) is -1.25. The third-order valence-electron chi connectivity index (χ3n) is 6.05. The SMILES string of the molecule is CC[C@@H]1[C@@H](CO)[C@@H](C[C@@H](COC(=O)c2ccccc2)OC(=O)c2ccccc2)O[C@H]1CC=O. The van der Waals surface area contributed by atoms with E-state index in [2.05, 4.69) is 0 Å². The third kappa shape index (κ3) is 6.49. The Bertz CT molecular complexity index is 899. The molecule has 1 aliphatic heterocycles. The van der Waals surface area contributed by atoms with Crippen molar-refractivity contribution in [2.24, 2.45) is 11.8 Å². The van der Waals surface area contributed by atoms with Crippen molar-refractivity contribution in [3.05, 3.63) is 71.8 Å². The zero-order valence-corrected chi connectivity index (χ0v) is 18.7. The zero-order chi connectivity index (χ0) is 23.6. The van der Waals surface area contributed by atoms with Crippen LogP contribution in [0.5, 0.6) is 0 Å². The Morgan fingerprint density at radius 3 is 2.12 bits per heavy atom. The maximum absolute atomic E-state index is 12.7. The molecule has 1 fully saturated rings. The number of aliphatic hydroxyl groups is 1. The number of esters is 2. The van der Waals surface area contributed by atoms with E-state index in [0.29, 0.717) is 11.1 Å². The molecule has 0 amide bonds. The van der Waals surface area contributed by atoms with Gasteiger partial charge in [0.15, 0.2) is 0 Å². The van der Waals surface area contributed by atoms with Crippen molar-refractivity contribution in [3.63, 3.8) is 0 Å². The molecular formula is C26H30O7.